The van der Waals surface area contributed by atoms with Gasteiger partial charge in [0, 0.05) is 12.3 Å². The van der Waals surface area contributed by atoms with E-state index in [4.69, 9.17) is 9.47 Å². The van der Waals surface area contributed by atoms with Gasteiger partial charge in [0.05, 0.1) is 17.7 Å². The van der Waals surface area contributed by atoms with E-state index >= 15 is 0 Å². The smallest absolute Gasteiger partial charge is 0.337 e. The molecule has 0 fully saturated rings. The highest BCUT2D eigenvalue weighted by atomic mass is 16.5. The molecule has 0 unspecified atom stereocenters. The summed E-state index contributed by atoms with van der Waals surface area (Å²) in [6.07, 6.45) is 3.26. The van der Waals surface area contributed by atoms with E-state index < -0.39 is 5.97 Å². The number of carboxylic acids is 1. The van der Waals surface area contributed by atoms with Gasteiger partial charge in [-0.15, -0.1) is 0 Å². The number of aromatic carboxylic acids is 1. The van der Waals surface area contributed by atoms with Gasteiger partial charge in [0.25, 0.3) is 0 Å². The van der Waals surface area contributed by atoms with E-state index in [0.29, 0.717) is 29.5 Å². The van der Waals surface area contributed by atoms with Gasteiger partial charge in [-0.1, -0.05) is 30.9 Å². The molecule has 2 aromatic carbocycles. The minimum atomic E-state index is -1.10. The van der Waals surface area contributed by atoms with E-state index in [2.05, 4.69) is 16.9 Å². The molecule has 7 nitrogen and oxygen atoms in total. The molecule has 3 aromatic rings. The molecule has 0 saturated carbocycles. The van der Waals surface area contributed by atoms with Crippen LogP contribution in [-0.2, 0) is 11.2 Å². The van der Waals surface area contributed by atoms with Crippen LogP contribution in [-0.4, -0.2) is 28.6 Å². The van der Waals surface area contributed by atoms with Crippen molar-refractivity contribution in [3.8, 4) is 17.4 Å². The molecule has 0 radical (unpaired) electrons. The number of anilines is 1. The van der Waals surface area contributed by atoms with Crippen LogP contribution in [0, 0.1) is 0 Å². The fourth-order valence-corrected chi connectivity index (χ4v) is 2.61. The standard InChI is InChI=1S/C23H20N2O5/c1-2-13-29-17-8-10-18(11-9-17)30-22-12-7-16(15-24-22)14-21(26)25-20-6-4-3-5-19(20)23(27)28/h2-12,15H,1,13-14H2,(H,25,26)(H,27,28). The maximum absolute atomic E-state index is 12.3. The number of hydrogen-bond donors (Lipinski definition) is 2. The Morgan fingerprint density at radius 3 is 2.43 bits per heavy atom. The van der Waals surface area contributed by atoms with Crippen LogP contribution >= 0.6 is 0 Å². The second-order valence-corrected chi connectivity index (χ2v) is 6.25. The molecule has 0 aliphatic carbocycles. The molecule has 152 valence electrons. The Morgan fingerprint density at radius 2 is 1.77 bits per heavy atom. The first-order valence-electron chi connectivity index (χ1n) is 9.14. The molecule has 1 amide bonds. The Kier molecular flexibility index (Phi) is 6.78. The van der Waals surface area contributed by atoms with Crippen molar-refractivity contribution in [1.29, 1.82) is 0 Å². The van der Waals surface area contributed by atoms with Gasteiger partial charge in [0.2, 0.25) is 11.8 Å². The van der Waals surface area contributed by atoms with E-state index in [1.807, 2.05) is 0 Å². The number of aromatic nitrogens is 1. The Morgan fingerprint density at radius 1 is 1.03 bits per heavy atom. The number of carboxylic acid groups (broad SMARTS) is 1. The number of benzene rings is 2. The van der Waals surface area contributed by atoms with Crippen molar-refractivity contribution in [2.24, 2.45) is 0 Å². The third-order valence-corrected chi connectivity index (χ3v) is 4.01. The number of carbonyl (C=O) groups is 2. The van der Waals surface area contributed by atoms with Gasteiger partial charge in [-0.3, -0.25) is 4.79 Å². The summed E-state index contributed by atoms with van der Waals surface area (Å²) < 4.78 is 11.1. The van der Waals surface area contributed by atoms with Gasteiger partial charge in [0.1, 0.15) is 18.1 Å². The molecular weight excluding hydrogens is 384 g/mol. The maximum atomic E-state index is 12.3. The summed E-state index contributed by atoms with van der Waals surface area (Å²) in [6.45, 7) is 4.03. The lowest BCUT2D eigenvalue weighted by atomic mass is 10.1. The number of pyridine rings is 1. The van der Waals surface area contributed by atoms with Crippen LogP contribution < -0.4 is 14.8 Å². The molecule has 7 heteroatoms. The third-order valence-electron chi connectivity index (χ3n) is 4.01. The van der Waals surface area contributed by atoms with Crippen LogP contribution in [0.2, 0.25) is 0 Å². The van der Waals surface area contributed by atoms with Gasteiger partial charge in [-0.05, 0) is 42.0 Å². The Bertz CT molecular complexity index is 1030. The van der Waals surface area contributed by atoms with Gasteiger partial charge >= 0.3 is 5.97 Å². The molecule has 30 heavy (non-hydrogen) atoms. The average Bonchev–Trinajstić information content (AvgIpc) is 2.75. The number of para-hydroxylation sites is 1. The molecule has 0 spiro atoms. The van der Waals surface area contributed by atoms with Crippen LogP contribution in [0.3, 0.4) is 0 Å². The number of hydrogen-bond acceptors (Lipinski definition) is 5. The Labute approximate surface area is 173 Å². The maximum Gasteiger partial charge on any atom is 0.337 e. The van der Waals surface area contributed by atoms with Gasteiger partial charge < -0.3 is 19.9 Å². The van der Waals surface area contributed by atoms with Crippen LogP contribution in [0.1, 0.15) is 15.9 Å². The van der Waals surface area contributed by atoms with Crippen molar-refractivity contribution in [1.82, 2.24) is 4.98 Å². The number of nitrogens with zero attached hydrogens (tertiary/aromatic N) is 1. The van der Waals surface area contributed by atoms with Crippen molar-refractivity contribution >= 4 is 17.6 Å². The van der Waals surface area contributed by atoms with E-state index in [1.165, 1.54) is 6.07 Å². The summed E-state index contributed by atoms with van der Waals surface area (Å²) in [7, 11) is 0. The number of carbonyl (C=O) groups excluding carboxylic acids is 1. The van der Waals surface area contributed by atoms with Gasteiger partial charge in [-0.2, -0.15) is 0 Å². The fourth-order valence-electron chi connectivity index (χ4n) is 2.61. The highest BCUT2D eigenvalue weighted by molar-refractivity contribution is 6.00. The van der Waals surface area contributed by atoms with Crippen molar-refractivity contribution in [2.75, 3.05) is 11.9 Å². The van der Waals surface area contributed by atoms with E-state index in [1.54, 1.807) is 66.9 Å². The second kappa shape index (κ2) is 9.88. The number of ether oxygens (including phenoxy) is 2. The highest BCUT2D eigenvalue weighted by Crippen LogP contribution is 2.23. The first kappa shape index (κ1) is 20.6. The van der Waals surface area contributed by atoms with Crippen molar-refractivity contribution in [2.45, 2.75) is 6.42 Å². The zero-order valence-electron chi connectivity index (χ0n) is 16.1. The summed E-state index contributed by atoms with van der Waals surface area (Å²) in [5.41, 5.74) is 0.956. The van der Waals surface area contributed by atoms with Crippen molar-refractivity contribution in [3.63, 3.8) is 0 Å². The van der Waals surface area contributed by atoms with E-state index in [-0.39, 0.29) is 23.6 Å². The van der Waals surface area contributed by atoms with Crippen molar-refractivity contribution < 1.29 is 24.2 Å². The predicted octanol–water partition coefficient (Wildman–Crippen LogP) is 4.32. The monoisotopic (exact) mass is 404 g/mol. The SMILES string of the molecule is C=CCOc1ccc(Oc2ccc(CC(=O)Nc3ccccc3C(=O)O)cn2)cc1. The summed E-state index contributed by atoms with van der Waals surface area (Å²) in [5, 5.41) is 11.8. The van der Waals surface area contributed by atoms with Crippen LogP contribution in [0.5, 0.6) is 17.4 Å². The Hall–Kier alpha value is -4.13. The van der Waals surface area contributed by atoms with Crippen LogP contribution in [0.4, 0.5) is 5.69 Å². The lowest BCUT2D eigenvalue weighted by Gasteiger charge is -2.09. The second-order valence-electron chi connectivity index (χ2n) is 6.25. The largest absolute Gasteiger partial charge is 0.490 e. The molecule has 0 aliphatic heterocycles. The molecule has 0 bridgehead atoms. The summed E-state index contributed by atoms with van der Waals surface area (Å²) in [4.78, 5) is 27.7. The number of amides is 1. The number of rotatable bonds is 9. The molecule has 0 aliphatic rings. The molecule has 3 rings (SSSR count). The minimum absolute atomic E-state index is 0.0358. The molecule has 2 N–H and O–H groups in total. The van der Waals surface area contributed by atoms with Gasteiger partial charge in [0.15, 0.2) is 0 Å². The topological polar surface area (TPSA) is 97.8 Å². The summed E-state index contributed by atoms with van der Waals surface area (Å²) in [6, 6.07) is 16.7. The molecular formula is C23H20N2O5. The molecule has 1 aromatic heterocycles. The number of nitrogens with one attached hydrogen (secondary N) is 1. The van der Waals surface area contributed by atoms with E-state index in [9.17, 15) is 14.7 Å². The van der Waals surface area contributed by atoms with Crippen LogP contribution in [0.25, 0.3) is 0 Å². The average molecular weight is 404 g/mol. The minimum Gasteiger partial charge on any atom is -0.490 e. The predicted molar refractivity (Wildman–Crippen MR) is 112 cm³/mol. The first-order valence-corrected chi connectivity index (χ1v) is 9.14. The van der Waals surface area contributed by atoms with Crippen molar-refractivity contribution in [3.05, 3.63) is 90.6 Å². The lowest BCUT2D eigenvalue weighted by Crippen LogP contribution is -2.16. The summed E-state index contributed by atoms with van der Waals surface area (Å²) in [5.74, 6) is 0.254. The van der Waals surface area contributed by atoms with Gasteiger partial charge in [-0.25, -0.2) is 9.78 Å². The van der Waals surface area contributed by atoms with E-state index in [0.717, 1.165) is 0 Å². The lowest BCUT2D eigenvalue weighted by molar-refractivity contribution is -0.115. The quantitative estimate of drug-likeness (QED) is 0.516. The fraction of sp³-hybridized carbons (Fsp3) is 0.0870. The highest BCUT2D eigenvalue weighted by Gasteiger charge is 2.12. The zero-order valence-corrected chi connectivity index (χ0v) is 16.1. The third kappa shape index (κ3) is 5.68. The molecule has 0 atom stereocenters. The molecule has 1 heterocycles. The normalized spacial score (nSPS) is 10.1. The summed E-state index contributed by atoms with van der Waals surface area (Å²) >= 11 is 0. The molecule has 0 saturated heterocycles. The zero-order chi connectivity index (χ0) is 21.3. The Balaban J connectivity index is 1.57. The van der Waals surface area contributed by atoms with Crippen LogP contribution in [0.15, 0.2) is 79.5 Å². The first-order chi connectivity index (χ1) is 14.5.